The number of halogens is 1. The molecule has 0 saturated carbocycles. The molecule has 41 valence electrons. The number of nitrogen functional groups attached to an aromatic ring is 1. The van der Waals surface area contributed by atoms with Crippen LogP contribution in [-0.4, -0.2) is 4.98 Å². The number of rotatable bonds is 0. The fraction of sp³-hybridized carbons (Fsp3) is 0. The van der Waals surface area contributed by atoms with E-state index in [1.807, 2.05) is 0 Å². The average molecular weight is 128 g/mol. The van der Waals surface area contributed by atoms with Crippen molar-refractivity contribution in [1.29, 1.82) is 0 Å². The highest BCUT2D eigenvalue weighted by molar-refractivity contribution is 6.29. The molecule has 8 heavy (non-hydrogen) atoms. The minimum atomic E-state index is 0.416. The van der Waals surface area contributed by atoms with Crippen molar-refractivity contribution >= 4 is 17.3 Å². The van der Waals surface area contributed by atoms with E-state index in [9.17, 15) is 0 Å². The zero-order chi connectivity index (χ0) is 5.98. The van der Waals surface area contributed by atoms with Crippen molar-refractivity contribution in [3.63, 3.8) is 0 Å². The van der Waals surface area contributed by atoms with Gasteiger partial charge in [0.2, 0.25) is 0 Å². The summed E-state index contributed by atoms with van der Waals surface area (Å²) in [6, 6.07) is 3.27. The Morgan fingerprint density at radius 2 is 2.38 bits per heavy atom. The van der Waals surface area contributed by atoms with E-state index >= 15 is 0 Å². The predicted octanol–water partition coefficient (Wildman–Crippen LogP) is 1.12. The number of nitrogens with two attached hydrogens (primary N) is 1. The lowest BCUT2D eigenvalue weighted by Crippen LogP contribution is -1.84. The van der Waals surface area contributed by atoms with Gasteiger partial charge in [0.25, 0.3) is 0 Å². The van der Waals surface area contributed by atoms with Gasteiger partial charge >= 0.3 is 0 Å². The lowest BCUT2D eigenvalue weighted by molar-refractivity contribution is 1.32. The van der Waals surface area contributed by atoms with Crippen molar-refractivity contribution in [1.82, 2.24) is 4.98 Å². The van der Waals surface area contributed by atoms with Gasteiger partial charge in [-0.1, -0.05) is 11.6 Å². The quantitative estimate of drug-likeness (QED) is 0.531. The Morgan fingerprint density at radius 3 is 2.75 bits per heavy atom. The number of pyridine rings is 1. The van der Waals surface area contributed by atoms with Crippen LogP contribution in [0.1, 0.15) is 0 Å². The molecule has 2 nitrogen and oxygen atoms in total. The van der Waals surface area contributed by atoms with Crippen LogP contribution in [0.4, 0.5) is 5.69 Å². The smallest absolute Gasteiger partial charge is 0.130 e. The van der Waals surface area contributed by atoms with Gasteiger partial charge in [-0.05, 0) is 12.1 Å². The second kappa shape index (κ2) is 2.01. The lowest BCUT2D eigenvalue weighted by atomic mass is 10.4. The first-order valence-corrected chi connectivity index (χ1v) is 2.46. The van der Waals surface area contributed by atoms with E-state index in [1.165, 1.54) is 0 Å². The van der Waals surface area contributed by atoms with Gasteiger partial charge in [0.15, 0.2) is 0 Å². The Hall–Kier alpha value is -0.760. The third-order valence-corrected chi connectivity index (χ3v) is 0.903. The highest BCUT2D eigenvalue weighted by Crippen LogP contribution is 2.04. The van der Waals surface area contributed by atoms with Crippen LogP contribution in [0.5, 0.6) is 0 Å². The van der Waals surface area contributed by atoms with E-state index in [0.29, 0.717) is 10.8 Å². The molecule has 0 spiro atoms. The third kappa shape index (κ3) is 1.10. The molecule has 0 aliphatic carbocycles. The van der Waals surface area contributed by atoms with Crippen LogP contribution in [0.25, 0.3) is 0 Å². The molecule has 1 aromatic rings. The molecule has 1 heterocycles. The summed E-state index contributed by atoms with van der Waals surface area (Å²) in [5.74, 6) is 0. The Kier molecular flexibility index (Phi) is 1.35. The van der Waals surface area contributed by atoms with Crippen LogP contribution >= 0.6 is 11.6 Å². The normalized spacial score (nSPS) is 9.12. The fourth-order valence-electron chi connectivity index (χ4n) is 0.351. The van der Waals surface area contributed by atoms with Crippen molar-refractivity contribution < 1.29 is 0 Å². The summed E-state index contributed by atoms with van der Waals surface area (Å²) in [6.45, 7) is 0. The van der Waals surface area contributed by atoms with Gasteiger partial charge in [-0.2, -0.15) is 0 Å². The molecule has 1 radical (unpaired) electrons. The number of hydrogen-bond donors (Lipinski definition) is 1. The fourth-order valence-corrected chi connectivity index (χ4v) is 0.456. The highest BCUT2D eigenvalue weighted by Gasteiger charge is 1.84. The van der Waals surface area contributed by atoms with E-state index < -0.39 is 0 Å². The summed E-state index contributed by atoms with van der Waals surface area (Å²) in [7, 11) is 0. The van der Waals surface area contributed by atoms with Crippen LogP contribution in [0.2, 0.25) is 5.15 Å². The molecule has 0 amide bonds. The van der Waals surface area contributed by atoms with Gasteiger partial charge in [-0.3, -0.25) is 0 Å². The summed E-state index contributed by atoms with van der Waals surface area (Å²) in [6.07, 6.45) is 2.50. The van der Waals surface area contributed by atoms with Crippen LogP contribution < -0.4 is 5.73 Å². The second-order valence-electron chi connectivity index (χ2n) is 1.34. The van der Waals surface area contributed by atoms with Crippen molar-refractivity contribution in [2.45, 2.75) is 0 Å². The van der Waals surface area contributed by atoms with Crippen LogP contribution in [0.3, 0.4) is 0 Å². The molecule has 0 saturated heterocycles. The molecule has 0 aromatic carbocycles. The topological polar surface area (TPSA) is 38.9 Å². The molecule has 0 unspecified atom stereocenters. The first-order chi connectivity index (χ1) is 3.79. The van der Waals surface area contributed by atoms with Gasteiger partial charge in [0.05, 0.1) is 5.69 Å². The predicted molar refractivity (Wildman–Crippen MR) is 32.5 cm³/mol. The van der Waals surface area contributed by atoms with Crippen molar-refractivity contribution in [3.05, 3.63) is 23.5 Å². The van der Waals surface area contributed by atoms with Crippen molar-refractivity contribution in [2.24, 2.45) is 0 Å². The number of aromatic nitrogens is 1. The second-order valence-corrected chi connectivity index (χ2v) is 1.72. The Bertz CT molecular complexity index is 149. The highest BCUT2D eigenvalue weighted by atomic mass is 35.5. The summed E-state index contributed by atoms with van der Waals surface area (Å²) in [4.78, 5) is 3.59. The van der Waals surface area contributed by atoms with E-state index in [-0.39, 0.29) is 0 Å². The average Bonchev–Trinajstić information content (AvgIpc) is 1.77. The lowest BCUT2D eigenvalue weighted by Gasteiger charge is -1.86. The zero-order valence-corrected chi connectivity index (χ0v) is 4.81. The van der Waals surface area contributed by atoms with Crippen LogP contribution in [-0.2, 0) is 0 Å². The standard InChI is InChI=1S/C5H4ClN2/c6-5-2-1-4(7)3-8-5/h1-2H,7H2. The molecule has 1 aromatic heterocycles. The maximum absolute atomic E-state index is 5.41. The maximum atomic E-state index is 5.41. The minimum Gasteiger partial charge on any atom is -0.397 e. The van der Waals surface area contributed by atoms with E-state index in [1.54, 1.807) is 12.1 Å². The zero-order valence-electron chi connectivity index (χ0n) is 4.06. The maximum Gasteiger partial charge on any atom is 0.130 e. The summed E-state index contributed by atoms with van der Waals surface area (Å²) >= 11 is 5.41. The molecule has 0 atom stereocenters. The molecular formula is C5H4ClN2. The number of hydrogen-bond acceptors (Lipinski definition) is 2. The molecule has 0 fully saturated rings. The number of anilines is 1. The largest absolute Gasteiger partial charge is 0.397 e. The molecule has 0 bridgehead atoms. The van der Waals surface area contributed by atoms with Crippen molar-refractivity contribution in [2.75, 3.05) is 5.73 Å². The summed E-state index contributed by atoms with van der Waals surface area (Å²) in [5.41, 5.74) is 5.76. The van der Waals surface area contributed by atoms with E-state index in [4.69, 9.17) is 17.3 Å². The first kappa shape index (κ1) is 5.38. The van der Waals surface area contributed by atoms with Gasteiger partial charge in [0, 0.05) is 0 Å². The Morgan fingerprint density at radius 1 is 1.62 bits per heavy atom. The molecule has 1 rings (SSSR count). The Balaban J connectivity index is 3.03. The minimum absolute atomic E-state index is 0.416. The van der Waals surface area contributed by atoms with Gasteiger partial charge in [-0.25, -0.2) is 4.98 Å². The summed E-state index contributed by atoms with van der Waals surface area (Å²) < 4.78 is 0. The number of nitrogens with zero attached hydrogens (tertiary/aromatic N) is 1. The van der Waals surface area contributed by atoms with Crippen LogP contribution in [0.15, 0.2) is 12.1 Å². The molecule has 0 aliphatic rings. The molecule has 3 heteroatoms. The monoisotopic (exact) mass is 127 g/mol. The SMILES string of the molecule is Nc1[c]nc(Cl)cc1. The van der Waals surface area contributed by atoms with Crippen molar-refractivity contribution in [3.8, 4) is 0 Å². The summed E-state index contributed by atoms with van der Waals surface area (Å²) in [5, 5.41) is 0.416. The molecule has 2 N–H and O–H groups in total. The Labute approximate surface area is 52.3 Å². The van der Waals surface area contributed by atoms with Gasteiger partial charge in [0.1, 0.15) is 11.3 Å². The van der Waals surface area contributed by atoms with E-state index in [2.05, 4.69) is 11.2 Å². The van der Waals surface area contributed by atoms with Gasteiger partial charge < -0.3 is 5.73 Å². The van der Waals surface area contributed by atoms with Gasteiger partial charge in [-0.15, -0.1) is 0 Å². The third-order valence-electron chi connectivity index (χ3n) is 0.692. The van der Waals surface area contributed by atoms with E-state index in [0.717, 1.165) is 0 Å². The first-order valence-electron chi connectivity index (χ1n) is 2.09. The molecular weight excluding hydrogens is 124 g/mol. The molecule has 0 aliphatic heterocycles. The van der Waals surface area contributed by atoms with Crippen LogP contribution in [0, 0.1) is 6.20 Å².